The number of nitrogens with zero attached hydrogens (tertiary/aromatic N) is 2. The lowest BCUT2D eigenvalue weighted by atomic mass is 10.2. The molecule has 0 aliphatic heterocycles. The first-order valence-corrected chi connectivity index (χ1v) is 5.01. The summed E-state index contributed by atoms with van der Waals surface area (Å²) in [6.45, 7) is 1.95. The van der Waals surface area contributed by atoms with E-state index in [4.69, 9.17) is 11.5 Å². The number of nitrogen functional groups attached to an aromatic ring is 2. The van der Waals surface area contributed by atoms with Gasteiger partial charge in [-0.05, 0) is 32.3 Å². The number of benzene rings is 1. The highest BCUT2D eigenvalue weighted by Crippen LogP contribution is 2.23. The van der Waals surface area contributed by atoms with Crippen LogP contribution < -0.4 is 16.4 Å². The fourth-order valence-corrected chi connectivity index (χ4v) is 1.39. The van der Waals surface area contributed by atoms with Crippen LogP contribution in [0.5, 0.6) is 0 Å². The molecule has 0 unspecified atom stereocenters. The Morgan fingerprint density at radius 3 is 1.94 bits per heavy atom. The Bertz CT molecular complexity index is 334. The van der Waals surface area contributed by atoms with Gasteiger partial charge in [0.1, 0.15) is 0 Å². The molecule has 0 amide bonds. The van der Waals surface area contributed by atoms with Gasteiger partial charge in [-0.3, -0.25) is 0 Å². The highest BCUT2D eigenvalue weighted by atomic mass is 35.5. The van der Waals surface area contributed by atoms with Gasteiger partial charge < -0.3 is 21.3 Å². The molecule has 0 aromatic heterocycles. The van der Waals surface area contributed by atoms with E-state index in [1.54, 1.807) is 6.07 Å². The number of anilines is 3. The molecule has 4 nitrogen and oxygen atoms in total. The summed E-state index contributed by atoms with van der Waals surface area (Å²) in [4.78, 5) is 4.28. The third-order valence-electron chi connectivity index (χ3n) is 2.35. The van der Waals surface area contributed by atoms with Gasteiger partial charge >= 0.3 is 0 Å². The van der Waals surface area contributed by atoms with Gasteiger partial charge in [0.2, 0.25) is 0 Å². The number of halogens is 3. The Labute approximate surface area is 128 Å². The zero-order valence-corrected chi connectivity index (χ0v) is 13.4. The minimum absolute atomic E-state index is 0. The topological polar surface area (TPSA) is 58.5 Å². The molecule has 0 aliphatic rings. The van der Waals surface area contributed by atoms with Crippen molar-refractivity contribution in [2.45, 2.75) is 0 Å². The van der Waals surface area contributed by atoms with Crippen molar-refractivity contribution in [1.82, 2.24) is 4.90 Å². The van der Waals surface area contributed by atoms with Gasteiger partial charge in [-0.25, -0.2) is 0 Å². The van der Waals surface area contributed by atoms with Gasteiger partial charge in [0.15, 0.2) is 0 Å². The Morgan fingerprint density at radius 1 is 0.944 bits per heavy atom. The molecule has 0 radical (unpaired) electrons. The van der Waals surface area contributed by atoms with Gasteiger partial charge in [-0.2, -0.15) is 0 Å². The Kier molecular flexibility index (Phi) is 13.0. The normalized spacial score (nSPS) is 8.89. The molecule has 0 spiro atoms. The molecule has 0 aliphatic carbocycles. The minimum atomic E-state index is 0. The lowest BCUT2D eigenvalue weighted by molar-refractivity contribution is 0.416. The van der Waals surface area contributed by atoms with E-state index in [-0.39, 0.29) is 37.2 Å². The second kappa shape index (κ2) is 10.4. The van der Waals surface area contributed by atoms with Crippen LogP contribution in [-0.4, -0.2) is 39.1 Å². The maximum atomic E-state index is 5.89. The fourth-order valence-electron chi connectivity index (χ4n) is 1.39. The van der Waals surface area contributed by atoms with E-state index in [1.807, 2.05) is 19.2 Å². The van der Waals surface area contributed by atoms with Crippen LogP contribution >= 0.6 is 37.2 Å². The van der Waals surface area contributed by atoms with Crippen LogP contribution in [-0.2, 0) is 0 Å². The first-order valence-electron chi connectivity index (χ1n) is 5.01. The van der Waals surface area contributed by atoms with E-state index in [0.717, 1.165) is 24.5 Å². The second-order valence-electron chi connectivity index (χ2n) is 4.04. The Hall–Kier alpha value is -0.550. The van der Waals surface area contributed by atoms with Gasteiger partial charge in [0, 0.05) is 25.8 Å². The molecule has 1 aromatic carbocycles. The maximum Gasteiger partial charge on any atom is 0.0599 e. The van der Waals surface area contributed by atoms with Crippen LogP contribution in [0.15, 0.2) is 18.2 Å². The summed E-state index contributed by atoms with van der Waals surface area (Å²) in [5.41, 5.74) is 14.0. The fraction of sp³-hybridized carbons (Fsp3) is 0.455. The van der Waals surface area contributed by atoms with E-state index < -0.39 is 0 Å². The summed E-state index contributed by atoms with van der Waals surface area (Å²) in [6, 6.07) is 5.62. The molecule has 0 fully saturated rings. The standard InChI is InChI=1S/C11H20N4.3ClH/c1-14(2)6-7-15(3)11-5-4-9(12)8-10(11)13;;;/h4-5,8H,6-7,12-13H2,1-3H3;3*1H. The van der Waals surface area contributed by atoms with E-state index in [1.165, 1.54) is 0 Å². The van der Waals surface area contributed by atoms with Crippen LogP contribution in [0.2, 0.25) is 0 Å². The van der Waals surface area contributed by atoms with E-state index >= 15 is 0 Å². The molecule has 18 heavy (non-hydrogen) atoms. The molecule has 0 heterocycles. The molecular weight excluding hydrogens is 295 g/mol. The van der Waals surface area contributed by atoms with Crippen LogP contribution in [0.25, 0.3) is 0 Å². The van der Waals surface area contributed by atoms with Crippen molar-refractivity contribution in [1.29, 1.82) is 0 Å². The average Bonchev–Trinajstić information content (AvgIpc) is 2.14. The van der Waals surface area contributed by atoms with Crippen molar-refractivity contribution in [3.63, 3.8) is 0 Å². The predicted octanol–water partition coefficient (Wildman–Crippen LogP) is 2.11. The van der Waals surface area contributed by atoms with E-state index in [2.05, 4.69) is 23.9 Å². The zero-order chi connectivity index (χ0) is 11.4. The lowest BCUT2D eigenvalue weighted by Crippen LogP contribution is -2.28. The molecule has 0 saturated heterocycles. The zero-order valence-electron chi connectivity index (χ0n) is 10.9. The number of hydrogen-bond acceptors (Lipinski definition) is 4. The number of rotatable bonds is 4. The van der Waals surface area contributed by atoms with E-state index in [9.17, 15) is 0 Å². The Morgan fingerprint density at radius 2 is 1.50 bits per heavy atom. The number of hydrogen-bond donors (Lipinski definition) is 2. The molecular formula is C11H23Cl3N4. The van der Waals surface area contributed by atoms with Crippen molar-refractivity contribution >= 4 is 54.3 Å². The van der Waals surface area contributed by atoms with Crippen LogP contribution in [0, 0.1) is 0 Å². The van der Waals surface area contributed by atoms with Gasteiger partial charge in [0.05, 0.1) is 11.4 Å². The molecule has 4 N–H and O–H groups in total. The molecule has 1 rings (SSSR count). The van der Waals surface area contributed by atoms with Crippen LogP contribution in [0.1, 0.15) is 0 Å². The lowest BCUT2D eigenvalue weighted by Gasteiger charge is -2.23. The predicted molar refractivity (Wildman–Crippen MR) is 88.8 cm³/mol. The van der Waals surface area contributed by atoms with Gasteiger partial charge in [-0.1, -0.05) is 0 Å². The second-order valence-corrected chi connectivity index (χ2v) is 4.04. The summed E-state index contributed by atoms with van der Waals surface area (Å²) in [5.74, 6) is 0. The monoisotopic (exact) mass is 316 g/mol. The average molecular weight is 318 g/mol. The SMILES string of the molecule is CN(C)CCN(C)c1ccc(N)cc1N.Cl.Cl.Cl. The van der Waals surface area contributed by atoms with Crippen molar-refractivity contribution in [3.8, 4) is 0 Å². The van der Waals surface area contributed by atoms with Crippen LogP contribution in [0.3, 0.4) is 0 Å². The highest BCUT2D eigenvalue weighted by molar-refractivity contribution is 5.86. The summed E-state index contributed by atoms with van der Waals surface area (Å²) in [6.07, 6.45) is 0. The van der Waals surface area contributed by atoms with E-state index in [0.29, 0.717) is 5.69 Å². The number of nitrogens with two attached hydrogens (primary N) is 2. The van der Waals surface area contributed by atoms with Crippen molar-refractivity contribution in [2.24, 2.45) is 0 Å². The largest absolute Gasteiger partial charge is 0.399 e. The third-order valence-corrected chi connectivity index (χ3v) is 2.35. The molecule has 7 heteroatoms. The maximum absolute atomic E-state index is 5.89. The van der Waals surface area contributed by atoms with Crippen molar-refractivity contribution in [2.75, 3.05) is 50.6 Å². The molecule has 0 bridgehead atoms. The first kappa shape index (κ1) is 22.6. The molecule has 0 atom stereocenters. The van der Waals surface area contributed by atoms with Crippen LogP contribution in [0.4, 0.5) is 17.1 Å². The van der Waals surface area contributed by atoms with Gasteiger partial charge in [-0.15, -0.1) is 37.2 Å². The first-order chi connectivity index (χ1) is 7.00. The summed E-state index contributed by atoms with van der Waals surface area (Å²) < 4.78 is 0. The summed E-state index contributed by atoms with van der Waals surface area (Å²) >= 11 is 0. The highest BCUT2D eigenvalue weighted by Gasteiger charge is 2.05. The molecule has 1 aromatic rings. The third kappa shape index (κ3) is 7.01. The van der Waals surface area contributed by atoms with Crippen molar-refractivity contribution < 1.29 is 0 Å². The number of likely N-dealkylation sites (N-methyl/N-ethyl adjacent to an activating group) is 2. The quantitative estimate of drug-likeness (QED) is 0.835. The summed E-state index contributed by atoms with van der Waals surface area (Å²) in [7, 11) is 6.14. The van der Waals surface area contributed by atoms with Gasteiger partial charge in [0.25, 0.3) is 0 Å². The molecule has 108 valence electrons. The minimum Gasteiger partial charge on any atom is -0.399 e. The smallest absolute Gasteiger partial charge is 0.0599 e. The Balaban J connectivity index is -0.000000750. The van der Waals surface area contributed by atoms with Crippen molar-refractivity contribution in [3.05, 3.63) is 18.2 Å². The molecule has 0 saturated carbocycles. The summed E-state index contributed by atoms with van der Waals surface area (Å²) in [5, 5.41) is 0.